The summed E-state index contributed by atoms with van der Waals surface area (Å²) in [6.07, 6.45) is 0. The maximum Gasteiger partial charge on any atom is 0.238 e. The standard InChI is InChI=1S/C52H36N4/c1-52(2)45-22-11-9-18-41(45)42-29-28-38(32-46(42)52)36-24-25-37-31-39(27-26-35(37)30-36)40-20-13-21-44-43-19-10-12-23-47(43)56(48(40)44)51-54-49(33-14-5-3-6-15-33)53-50(55-51)34-16-7-4-8-17-34/h3-32H,1-2H3. The van der Waals surface area contributed by atoms with Crippen LogP contribution in [-0.2, 0) is 5.41 Å². The van der Waals surface area contributed by atoms with Crippen molar-refractivity contribution in [2.75, 3.05) is 0 Å². The van der Waals surface area contributed by atoms with E-state index in [0.717, 1.165) is 44.1 Å². The highest BCUT2D eigenvalue weighted by atomic mass is 15.2. The average Bonchev–Trinajstić information content (AvgIpc) is 3.72. The van der Waals surface area contributed by atoms with Crippen LogP contribution >= 0.6 is 0 Å². The Bertz CT molecular complexity index is 3100. The maximum absolute atomic E-state index is 5.18. The fraction of sp³-hybridized carbons (Fsp3) is 0.0577. The van der Waals surface area contributed by atoms with Gasteiger partial charge in [-0.15, -0.1) is 0 Å². The third-order valence-corrected chi connectivity index (χ3v) is 11.7. The van der Waals surface area contributed by atoms with Crippen molar-refractivity contribution in [1.82, 2.24) is 19.5 Å². The van der Waals surface area contributed by atoms with Gasteiger partial charge in [0.1, 0.15) is 0 Å². The molecule has 1 aliphatic rings. The molecule has 0 saturated carbocycles. The minimum Gasteiger partial charge on any atom is -0.277 e. The van der Waals surface area contributed by atoms with E-state index in [-0.39, 0.29) is 5.41 Å². The Morgan fingerprint density at radius 1 is 0.393 bits per heavy atom. The Kier molecular flexibility index (Phi) is 7.17. The number of fused-ring (bicyclic) bond motifs is 7. The average molecular weight is 717 g/mol. The molecular weight excluding hydrogens is 681 g/mol. The number of hydrogen-bond donors (Lipinski definition) is 0. The van der Waals surface area contributed by atoms with Gasteiger partial charge in [0.2, 0.25) is 5.95 Å². The number of benzene rings is 8. The topological polar surface area (TPSA) is 43.6 Å². The highest BCUT2D eigenvalue weighted by Gasteiger charge is 2.35. The van der Waals surface area contributed by atoms with E-state index in [4.69, 9.17) is 15.0 Å². The molecule has 264 valence electrons. The summed E-state index contributed by atoms with van der Waals surface area (Å²) >= 11 is 0. The summed E-state index contributed by atoms with van der Waals surface area (Å²) in [5, 5.41) is 4.70. The second-order valence-corrected chi connectivity index (χ2v) is 15.3. The number of rotatable bonds is 5. The minimum atomic E-state index is -0.0370. The fourth-order valence-corrected chi connectivity index (χ4v) is 8.83. The monoisotopic (exact) mass is 716 g/mol. The Labute approximate surface area is 325 Å². The smallest absolute Gasteiger partial charge is 0.238 e. The van der Waals surface area contributed by atoms with Crippen molar-refractivity contribution >= 4 is 32.6 Å². The molecule has 10 aromatic rings. The Morgan fingerprint density at radius 2 is 0.946 bits per heavy atom. The molecule has 4 nitrogen and oxygen atoms in total. The predicted octanol–water partition coefficient (Wildman–Crippen LogP) is 13.1. The van der Waals surface area contributed by atoms with Gasteiger partial charge < -0.3 is 0 Å². The second-order valence-electron chi connectivity index (χ2n) is 15.3. The quantitative estimate of drug-likeness (QED) is 0.178. The zero-order valence-corrected chi connectivity index (χ0v) is 31.1. The lowest BCUT2D eigenvalue weighted by Gasteiger charge is -2.22. The van der Waals surface area contributed by atoms with E-state index in [1.165, 1.54) is 44.2 Å². The molecule has 1 aliphatic carbocycles. The lowest BCUT2D eigenvalue weighted by molar-refractivity contribution is 0.660. The van der Waals surface area contributed by atoms with Crippen LogP contribution in [-0.4, -0.2) is 19.5 Å². The zero-order chi connectivity index (χ0) is 37.4. The predicted molar refractivity (Wildman–Crippen MR) is 231 cm³/mol. The number of para-hydroxylation sites is 2. The summed E-state index contributed by atoms with van der Waals surface area (Å²) in [7, 11) is 0. The van der Waals surface area contributed by atoms with Crippen LogP contribution in [0.25, 0.3) is 94.7 Å². The molecule has 0 saturated heterocycles. The highest BCUT2D eigenvalue weighted by molar-refractivity contribution is 6.14. The molecular formula is C52H36N4. The molecule has 2 aromatic heterocycles. The molecule has 11 rings (SSSR count). The van der Waals surface area contributed by atoms with Crippen molar-refractivity contribution < 1.29 is 0 Å². The van der Waals surface area contributed by atoms with Gasteiger partial charge in [-0.1, -0.05) is 172 Å². The molecule has 8 aromatic carbocycles. The molecule has 0 N–H and O–H groups in total. The third kappa shape index (κ3) is 5.03. The van der Waals surface area contributed by atoms with Gasteiger partial charge in [-0.2, -0.15) is 9.97 Å². The van der Waals surface area contributed by atoms with Crippen LogP contribution in [0.1, 0.15) is 25.0 Å². The van der Waals surface area contributed by atoms with Gasteiger partial charge in [0.15, 0.2) is 11.6 Å². The fourth-order valence-electron chi connectivity index (χ4n) is 8.83. The van der Waals surface area contributed by atoms with Crippen molar-refractivity contribution in [1.29, 1.82) is 0 Å². The summed E-state index contributed by atoms with van der Waals surface area (Å²) < 4.78 is 2.22. The van der Waals surface area contributed by atoms with Crippen LogP contribution in [0, 0.1) is 0 Å². The maximum atomic E-state index is 5.18. The molecule has 0 amide bonds. The van der Waals surface area contributed by atoms with Crippen LogP contribution in [0.3, 0.4) is 0 Å². The van der Waals surface area contributed by atoms with E-state index in [1.807, 2.05) is 36.4 Å². The van der Waals surface area contributed by atoms with E-state index < -0.39 is 0 Å². The van der Waals surface area contributed by atoms with Gasteiger partial charge in [-0.3, -0.25) is 4.57 Å². The van der Waals surface area contributed by atoms with Gasteiger partial charge in [-0.25, -0.2) is 4.98 Å². The first-order valence-corrected chi connectivity index (χ1v) is 19.2. The van der Waals surface area contributed by atoms with Gasteiger partial charge in [0.25, 0.3) is 0 Å². The zero-order valence-electron chi connectivity index (χ0n) is 31.1. The largest absolute Gasteiger partial charge is 0.277 e. The van der Waals surface area contributed by atoms with Crippen molar-refractivity contribution in [3.63, 3.8) is 0 Å². The summed E-state index contributed by atoms with van der Waals surface area (Å²) in [5.74, 6) is 1.86. The Morgan fingerprint density at radius 3 is 1.70 bits per heavy atom. The van der Waals surface area contributed by atoms with Crippen molar-refractivity contribution in [2.45, 2.75) is 19.3 Å². The van der Waals surface area contributed by atoms with E-state index in [2.05, 4.69) is 164 Å². The molecule has 0 aliphatic heterocycles. The molecule has 0 unspecified atom stereocenters. The number of aromatic nitrogens is 4. The van der Waals surface area contributed by atoms with Crippen molar-refractivity contribution in [3.8, 4) is 62.1 Å². The lowest BCUT2D eigenvalue weighted by atomic mass is 9.81. The third-order valence-electron chi connectivity index (χ3n) is 11.7. The molecule has 2 heterocycles. The van der Waals surface area contributed by atoms with Crippen LogP contribution in [0.2, 0.25) is 0 Å². The first-order valence-electron chi connectivity index (χ1n) is 19.2. The van der Waals surface area contributed by atoms with E-state index in [1.54, 1.807) is 0 Å². The normalized spacial score (nSPS) is 13.0. The van der Waals surface area contributed by atoms with Crippen molar-refractivity contribution in [2.24, 2.45) is 0 Å². The summed E-state index contributed by atoms with van der Waals surface area (Å²) in [5.41, 5.74) is 14.2. The molecule has 0 radical (unpaired) electrons. The van der Waals surface area contributed by atoms with Crippen LogP contribution in [0.4, 0.5) is 0 Å². The lowest BCUT2D eigenvalue weighted by Crippen LogP contribution is -2.14. The van der Waals surface area contributed by atoms with E-state index in [0.29, 0.717) is 17.6 Å². The second kappa shape index (κ2) is 12.4. The molecule has 0 bridgehead atoms. The number of hydrogen-bond acceptors (Lipinski definition) is 3. The van der Waals surface area contributed by atoms with Crippen LogP contribution in [0.5, 0.6) is 0 Å². The molecule has 56 heavy (non-hydrogen) atoms. The first-order chi connectivity index (χ1) is 27.5. The molecule has 0 atom stereocenters. The van der Waals surface area contributed by atoms with Crippen LogP contribution < -0.4 is 0 Å². The van der Waals surface area contributed by atoms with Gasteiger partial charge in [0.05, 0.1) is 11.0 Å². The van der Waals surface area contributed by atoms with Crippen molar-refractivity contribution in [3.05, 3.63) is 193 Å². The van der Waals surface area contributed by atoms with E-state index >= 15 is 0 Å². The SMILES string of the molecule is CC1(C)c2ccccc2-c2ccc(-c3ccc4cc(-c5cccc6c7ccccc7n(-c7nc(-c8ccccc8)nc(-c8ccccc8)n7)c56)ccc4c3)cc21. The summed E-state index contributed by atoms with van der Waals surface area (Å²) in [6, 6.07) is 64.9. The van der Waals surface area contributed by atoms with Gasteiger partial charge in [-0.05, 0) is 74.0 Å². The molecule has 0 fully saturated rings. The number of nitrogens with zero attached hydrogens (tertiary/aromatic N) is 4. The highest BCUT2D eigenvalue weighted by Crippen LogP contribution is 2.49. The summed E-state index contributed by atoms with van der Waals surface area (Å²) in [4.78, 5) is 15.3. The Balaban J connectivity index is 1.06. The minimum absolute atomic E-state index is 0.0370. The summed E-state index contributed by atoms with van der Waals surface area (Å²) in [6.45, 7) is 4.68. The molecule has 0 spiro atoms. The van der Waals surface area contributed by atoms with Gasteiger partial charge in [0, 0.05) is 32.9 Å². The Hall–Kier alpha value is -7.17. The van der Waals surface area contributed by atoms with E-state index in [9.17, 15) is 0 Å². The van der Waals surface area contributed by atoms with Crippen LogP contribution in [0.15, 0.2) is 182 Å². The van der Waals surface area contributed by atoms with Gasteiger partial charge >= 0.3 is 0 Å². The molecule has 4 heteroatoms. The first kappa shape index (κ1) is 32.3.